The zero-order chi connectivity index (χ0) is 23.3. The van der Waals surface area contributed by atoms with E-state index in [-0.39, 0.29) is 29.3 Å². The van der Waals surface area contributed by atoms with E-state index < -0.39 is 50.2 Å². The van der Waals surface area contributed by atoms with E-state index >= 15 is 0 Å². The average Bonchev–Trinajstić information content (AvgIpc) is 2.96. The van der Waals surface area contributed by atoms with E-state index in [0.717, 1.165) is 12.3 Å². The Kier molecular flexibility index (Phi) is 1.78. The maximum Gasteiger partial charge on any atom is 0.332 e. The second-order valence-corrected chi connectivity index (χ2v) is 4.40. The van der Waals surface area contributed by atoms with Gasteiger partial charge in [-0.1, -0.05) is 0 Å². The standard InChI is InChI=1S/C14H21N3O3/c1-10(18)6-4-5-8-17-13(19)11-7-9-15(2)12(11)16(3)14(17)20/h7,9-10,18H,4-6,8H2,1-3H3/i1D3,2D3,3D3,10D. The molecular weight excluding hydrogens is 258 g/mol. The minimum absolute atomic E-state index is 0.00109. The predicted molar refractivity (Wildman–Crippen MR) is 78.0 cm³/mol. The summed E-state index contributed by atoms with van der Waals surface area (Å²) in [5.74, 6) is 0. The lowest BCUT2D eigenvalue weighted by Gasteiger charge is -2.10. The van der Waals surface area contributed by atoms with Gasteiger partial charge in [0.25, 0.3) is 5.56 Å². The van der Waals surface area contributed by atoms with Gasteiger partial charge in [-0.3, -0.25) is 13.9 Å². The van der Waals surface area contributed by atoms with Crippen LogP contribution in [0.15, 0.2) is 21.9 Å². The van der Waals surface area contributed by atoms with Gasteiger partial charge in [-0.2, -0.15) is 0 Å². The summed E-state index contributed by atoms with van der Waals surface area (Å²) in [7, 11) is 0. The van der Waals surface area contributed by atoms with Crippen molar-refractivity contribution < 1.29 is 18.8 Å². The predicted octanol–water partition coefficient (Wildman–Crippen LogP) is 0.590. The first-order valence-electron chi connectivity index (χ1n) is 11.0. The SMILES string of the molecule is [2H]C([2H])([2H])n1ccc2c(=O)n(CCCCC([2H])(O)C([2H])([2H])[2H])c(=O)n(C([2H])([2H])[2H])c21. The highest BCUT2D eigenvalue weighted by atomic mass is 16.3. The molecule has 6 nitrogen and oxygen atoms in total. The molecule has 0 saturated heterocycles. The van der Waals surface area contributed by atoms with Crippen LogP contribution in [0.4, 0.5) is 0 Å². The molecule has 2 rings (SSSR count). The van der Waals surface area contributed by atoms with E-state index in [1.165, 1.54) is 0 Å². The fraction of sp³-hybridized carbons (Fsp3) is 0.571. The summed E-state index contributed by atoms with van der Waals surface area (Å²) in [4.78, 5) is 25.5. The lowest BCUT2D eigenvalue weighted by molar-refractivity contribution is 0.180. The molecule has 0 bridgehead atoms. The molecule has 20 heavy (non-hydrogen) atoms. The zero-order valence-electron chi connectivity index (χ0n) is 20.6. The topological polar surface area (TPSA) is 69.2 Å². The van der Waals surface area contributed by atoms with Crippen LogP contribution in [0, 0.1) is 0 Å². The number of rotatable bonds is 5. The third kappa shape index (κ3) is 2.56. The van der Waals surface area contributed by atoms with Crippen LogP contribution in [0.1, 0.15) is 39.8 Å². The molecule has 2 heterocycles. The molecule has 0 aliphatic heterocycles. The Labute approximate surface area is 130 Å². The Hall–Kier alpha value is -1.82. The Morgan fingerprint density at radius 1 is 1.40 bits per heavy atom. The van der Waals surface area contributed by atoms with Crippen molar-refractivity contribution in [1.29, 1.82) is 0 Å². The van der Waals surface area contributed by atoms with Gasteiger partial charge in [-0.05, 0) is 32.2 Å². The molecule has 110 valence electrons. The first kappa shape index (κ1) is 6.30. The fourth-order valence-electron chi connectivity index (χ4n) is 2.02. The van der Waals surface area contributed by atoms with Crippen molar-refractivity contribution in [3.8, 4) is 0 Å². The summed E-state index contributed by atoms with van der Waals surface area (Å²) in [6, 6.07) is 1.11. The number of aliphatic hydroxyl groups is 1. The summed E-state index contributed by atoms with van der Waals surface area (Å²) < 4.78 is 75.7. The number of fused-ring (bicyclic) bond motifs is 1. The molecule has 6 heteroatoms. The van der Waals surface area contributed by atoms with E-state index in [4.69, 9.17) is 13.7 Å². The highest BCUT2D eigenvalue weighted by Crippen LogP contribution is 2.07. The van der Waals surface area contributed by atoms with E-state index in [1.54, 1.807) is 0 Å². The van der Waals surface area contributed by atoms with Crippen molar-refractivity contribution in [3.63, 3.8) is 0 Å². The lowest BCUT2D eigenvalue weighted by atomic mass is 10.2. The fourth-order valence-corrected chi connectivity index (χ4v) is 2.02. The van der Waals surface area contributed by atoms with Gasteiger partial charge in [-0.15, -0.1) is 0 Å². The van der Waals surface area contributed by atoms with Gasteiger partial charge in [0.15, 0.2) is 0 Å². The summed E-state index contributed by atoms with van der Waals surface area (Å²) in [5, 5.41) is 9.39. The monoisotopic (exact) mass is 289 g/mol. The Morgan fingerprint density at radius 2 is 2.25 bits per heavy atom. The summed E-state index contributed by atoms with van der Waals surface area (Å²) in [6.07, 6.45) is -2.19. The van der Waals surface area contributed by atoms with E-state index in [2.05, 4.69) is 0 Å². The molecule has 0 fully saturated rings. The van der Waals surface area contributed by atoms with Crippen LogP contribution >= 0.6 is 0 Å². The first-order valence-corrected chi connectivity index (χ1v) is 6.00. The summed E-state index contributed by atoms with van der Waals surface area (Å²) >= 11 is 0. The maximum absolute atomic E-state index is 12.8. The van der Waals surface area contributed by atoms with Gasteiger partial charge in [0.2, 0.25) is 0 Å². The van der Waals surface area contributed by atoms with Crippen molar-refractivity contribution in [2.24, 2.45) is 14.0 Å². The van der Waals surface area contributed by atoms with Gasteiger partial charge < -0.3 is 9.67 Å². The minimum atomic E-state index is -3.07. The first-order chi connectivity index (χ1) is 13.4. The van der Waals surface area contributed by atoms with Crippen molar-refractivity contribution in [1.82, 2.24) is 13.7 Å². The highest BCUT2D eigenvalue weighted by Gasteiger charge is 2.12. The van der Waals surface area contributed by atoms with E-state index in [1.807, 2.05) is 0 Å². The molecule has 2 aromatic heterocycles. The molecule has 1 unspecified atom stereocenters. The van der Waals surface area contributed by atoms with Gasteiger partial charge in [0, 0.05) is 39.0 Å². The largest absolute Gasteiger partial charge is 0.393 e. The molecular formula is C14H21N3O3. The smallest absolute Gasteiger partial charge is 0.332 e. The second-order valence-electron chi connectivity index (χ2n) is 4.40. The van der Waals surface area contributed by atoms with Crippen LogP contribution in [0.25, 0.3) is 11.0 Å². The second kappa shape index (κ2) is 5.66. The van der Waals surface area contributed by atoms with E-state index in [9.17, 15) is 14.7 Å². The molecule has 0 aliphatic carbocycles. The molecule has 0 spiro atoms. The van der Waals surface area contributed by atoms with Crippen molar-refractivity contribution in [2.45, 2.75) is 38.7 Å². The number of hydrogen-bond donors (Lipinski definition) is 1. The Bertz CT molecular complexity index is 1040. The number of hydrogen-bond acceptors (Lipinski definition) is 3. The van der Waals surface area contributed by atoms with Gasteiger partial charge in [-0.25, -0.2) is 4.79 Å². The van der Waals surface area contributed by atoms with Gasteiger partial charge in [0.1, 0.15) is 5.65 Å². The zero-order valence-corrected chi connectivity index (χ0v) is 10.6. The third-order valence-corrected chi connectivity index (χ3v) is 3.01. The van der Waals surface area contributed by atoms with Gasteiger partial charge >= 0.3 is 5.69 Å². The highest BCUT2D eigenvalue weighted by molar-refractivity contribution is 5.75. The van der Waals surface area contributed by atoms with E-state index in [0.29, 0.717) is 9.13 Å². The lowest BCUT2D eigenvalue weighted by Crippen LogP contribution is -2.39. The quantitative estimate of drug-likeness (QED) is 0.819. The number of aromatic nitrogens is 3. The van der Waals surface area contributed by atoms with Crippen molar-refractivity contribution >= 4 is 11.0 Å². The summed E-state index contributed by atoms with van der Waals surface area (Å²) in [5.41, 5.74) is -2.69. The third-order valence-electron chi connectivity index (χ3n) is 3.01. The molecule has 0 amide bonds. The minimum Gasteiger partial charge on any atom is -0.393 e. The Morgan fingerprint density at radius 3 is 2.95 bits per heavy atom. The molecule has 0 aromatic carbocycles. The summed E-state index contributed by atoms with van der Waals surface area (Å²) in [6.45, 7) is -9.14. The van der Waals surface area contributed by atoms with Crippen LogP contribution in [-0.2, 0) is 20.5 Å². The molecule has 2 aromatic rings. The Balaban J connectivity index is 2.49. The molecule has 0 radical (unpaired) electrons. The average molecular weight is 289 g/mol. The van der Waals surface area contributed by atoms with Crippen molar-refractivity contribution in [2.75, 3.05) is 0 Å². The molecule has 0 saturated carbocycles. The number of unbranched alkanes of at least 4 members (excludes halogenated alkanes) is 1. The van der Waals surface area contributed by atoms with Crippen LogP contribution in [0.3, 0.4) is 0 Å². The molecule has 0 aliphatic rings. The van der Waals surface area contributed by atoms with Crippen LogP contribution in [0.5, 0.6) is 0 Å². The maximum atomic E-state index is 12.8. The van der Waals surface area contributed by atoms with Crippen molar-refractivity contribution in [3.05, 3.63) is 33.1 Å². The van der Waals surface area contributed by atoms with Crippen LogP contribution in [-0.4, -0.2) is 24.9 Å². The normalized spacial score (nSPS) is 23.9. The van der Waals surface area contributed by atoms with Crippen LogP contribution in [0.2, 0.25) is 0 Å². The van der Waals surface area contributed by atoms with Crippen LogP contribution < -0.4 is 11.2 Å². The number of nitrogens with zero attached hydrogens (tertiary/aromatic N) is 3. The molecule has 1 atom stereocenters. The number of aryl methyl sites for hydroxylation is 2. The molecule has 1 N–H and O–H groups in total. The van der Waals surface area contributed by atoms with Gasteiger partial charge in [0.05, 0.1) is 12.8 Å².